The van der Waals surface area contributed by atoms with Gasteiger partial charge in [-0.3, -0.25) is 23.9 Å². The number of aromatic nitrogens is 3. The zero-order valence-corrected chi connectivity index (χ0v) is 27.1. The average Bonchev–Trinajstić information content (AvgIpc) is 3.50. The second-order valence-electron chi connectivity index (χ2n) is 10.8. The molecule has 0 saturated carbocycles. The highest BCUT2D eigenvalue weighted by Gasteiger charge is 2.32. The first-order valence-electron chi connectivity index (χ1n) is 14.9. The lowest BCUT2D eigenvalue weighted by Crippen LogP contribution is -2.60. The van der Waals surface area contributed by atoms with Crippen LogP contribution in [0.1, 0.15) is 41.4 Å². The van der Waals surface area contributed by atoms with Gasteiger partial charge in [-0.15, -0.1) is 5.10 Å². The monoisotopic (exact) mass is 671 g/mol. The molecule has 3 heterocycles. The Labute approximate surface area is 276 Å². The molecule has 5 N–H and O–H groups in total. The number of aliphatic hydroxyl groups is 1. The van der Waals surface area contributed by atoms with Crippen LogP contribution in [-0.2, 0) is 33.9 Å². The first-order chi connectivity index (χ1) is 22.1. The quantitative estimate of drug-likeness (QED) is 0.243. The number of hydrogen-bond donors (Lipinski definition) is 5. The fourth-order valence-corrected chi connectivity index (χ4v) is 5.43. The minimum absolute atomic E-state index is 0.0613. The van der Waals surface area contributed by atoms with E-state index >= 15 is 0 Å². The molecule has 15 heteroatoms. The summed E-state index contributed by atoms with van der Waals surface area (Å²) in [6.45, 7) is 2.23. The number of aryl methyl sites for hydroxylation is 1. The lowest BCUT2D eigenvalue weighted by molar-refractivity contribution is -0.134. The molecule has 13 nitrogen and oxygen atoms in total. The third-order valence-corrected chi connectivity index (χ3v) is 8.16. The Morgan fingerprint density at radius 3 is 2.54 bits per heavy atom. The summed E-state index contributed by atoms with van der Waals surface area (Å²) in [5.74, 6) is -1.54. The topological polar surface area (TPSA) is 177 Å². The Morgan fingerprint density at radius 1 is 1.04 bits per heavy atom. The molecule has 3 aromatic rings. The van der Waals surface area contributed by atoms with E-state index in [1.54, 1.807) is 23.0 Å². The molecule has 4 amide bonds. The summed E-state index contributed by atoms with van der Waals surface area (Å²) >= 11 is 7.89. The molecule has 0 spiro atoms. The van der Waals surface area contributed by atoms with E-state index in [4.69, 9.17) is 16.3 Å². The van der Waals surface area contributed by atoms with Gasteiger partial charge in [0.15, 0.2) is 0 Å². The van der Waals surface area contributed by atoms with Crippen molar-refractivity contribution in [3.05, 3.63) is 76.6 Å². The molecule has 0 unspecified atom stereocenters. The van der Waals surface area contributed by atoms with Gasteiger partial charge in [-0.2, -0.15) is 11.8 Å². The van der Waals surface area contributed by atoms with Crippen molar-refractivity contribution in [1.29, 1.82) is 0 Å². The van der Waals surface area contributed by atoms with Gasteiger partial charge in [0.05, 0.1) is 30.5 Å². The van der Waals surface area contributed by atoms with Crippen molar-refractivity contribution in [1.82, 2.24) is 36.3 Å². The van der Waals surface area contributed by atoms with Crippen LogP contribution in [0.5, 0.6) is 5.75 Å². The minimum Gasteiger partial charge on any atom is -0.492 e. The van der Waals surface area contributed by atoms with E-state index in [9.17, 15) is 24.3 Å². The molecule has 4 atom stereocenters. The zero-order chi connectivity index (χ0) is 33.1. The van der Waals surface area contributed by atoms with Gasteiger partial charge in [0, 0.05) is 24.9 Å². The number of fused-ring (bicyclic) bond motifs is 16. The summed E-state index contributed by atoms with van der Waals surface area (Å²) in [4.78, 5) is 53.5. The second kappa shape index (κ2) is 17.0. The molecule has 0 saturated heterocycles. The number of nitrogens with one attached hydrogen (secondary N) is 4. The highest BCUT2D eigenvalue weighted by molar-refractivity contribution is 7.98. The molecule has 0 aliphatic carbocycles. The van der Waals surface area contributed by atoms with Crippen molar-refractivity contribution < 1.29 is 29.0 Å². The molecule has 2 aliphatic heterocycles. The van der Waals surface area contributed by atoms with Crippen molar-refractivity contribution in [2.24, 2.45) is 0 Å². The molecule has 4 bridgehead atoms. The number of hydrogen-bond acceptors (Lipinski definition) is 9. The number of nitrogens with zero attached hydrogens (tertiary/aromatic N) is 3. The maximum atomic E-state index is 13.5. The number of carbonyl (C=O) groups is 4. The van der Waals surface area contributed by atoms with E-state index in [1.165, 1.54) is 24.8 Å². The molecule has 2 aromatic carbocycles. The Morgan fingerprint density at radius 2 is 1.83 bits per heavy atom. The van der Waals surface area contributed by atoms with Gasteiger partial charge in [0.25, 0.3) is 5.91 Å². The number of amides is 4. The zero-order valence-electron chi connectivity index (χ0n) is 25.6. The van der Waals surface area contributed by atoms with Crippen LogP contribution >= 0.6 is 23.4 Å². The Kier molecular flexibility index (Phi) is 12.8. The van der Waals surface area contributed by atoms with Crippen LogP contribution in [0.15, 0.2) is 54.7 Å². The summed E-state index contributed by atoms with van der Waals surface area (Å²) in [5.41, 5.74) is 1.52. The number of halogens is 1. The summed E-state index contributed by atoms with van der Waals surface area (Å²) in [7, 11) is 0. The number of rotatable bonds is 6. The van der Waals surface area contributed by atoms with Gasteiger partial charge < -0.3 is 31.1 Å². The standard InChI is InChI=1S/C31H38ClN7O6S/c1-19(40)27-31(44)35-25(15-20-7-4-3-5-8-20)29(42)33-17-22-18-39(38-37-22)12-6-13-45-26-10-9-21(16-23(26)32)28(41)34-24(11-14-46-2)30(43)36-27/h3-5,7-10,16,18-19,24-25,27,40H,6,11-15,17H2,1-2H3,(H,33,42)(H,34,41)(H,35,44)(H,36,43)/t19-,24-,25-,27+/m1/s1. The van der Waals surface area contributed by atoms with Gasteiger partial charge in [-0.05, 0) is 49.1 Å². The second-order valence-corrected chi connectivity index (χ2v) is 12.2. The number of ether oxygens (including phenoxy) is 1. The number of carbonyl (C=O) groups excluding carboxylic acids is 4. The van der Waals surface area contributed by atoms with Crippen LogP contribution in [0, 0.1) is 0 Å². The first-order valence-corrected chi connectivity index (χ1v) is 16.6. The van der Waals surface area contributed by atoms with Crippen molar-refractivity contribution in [2.45, 2.75) is 63.5 Å². The van der Waals surface area contributed by atoms with Gasteiger partial charge >= 0.3 is 0 Å². The molecule has 246 valence electrons. The minimum atomic E-state index is -1.42. The molecule has 0 radical (unpaired) electrons. The summed E-state index contributed by atoms with van der Waals surface area (Å²) < 4.78 is 7.43. The average molecular weight is 672 g/mol. The van der Waals surface area contributed by atoms with Crippen LogP contribution in [0.2, 0.25) is 5.02 Å². The third-order valence-electron chi connectivity index (χ3n) is 7.22. The maximum Gasteiger partial charge on any atom is 0.251 e. The molecule has 2 aliphatic rings. The van der Waals surface area contributed by atoms with Crippen molar-refractivity contribution in [3.8, 4) is 5.75 Å². The Hall–Kier alpha value is -4.14. The summed E-state index contributed by atoms with van der Waals surface area (Å²) in [6, 6.07) is 10.2. The highest BCUT2D eigenvalue weighted by Crippen LogP contribution is 2.26. The molecule has 0 fully saturated rings. The normalized spacial score (nSPS) is 20.9. The number of benzene rings is 2. The van der Waals surface area contributed by atoms with Gasteiger partial charge in [-0.1, -0.05) is 47.1 Å². The van der Waals surface area contributed by atoms with Gasteiger partial charge in [0.1, 0.15) is 29.6 Å². The summed E-state index contributed by atoms with van der Waals surface area (Å²) in [5, 5.41) is 29.8. The lowest BCUT2D eigenvalue weighted by atomic mass is 10.0. The Bertz CT molecular complexity index is 1510. The fourth-order valence-electron chi connectivity index (χ4n) is 4.72. The van der Waals surface area contributed by atoms with E-state index in [0.29, 0.717) is 36.8 Å². The SMILES string of the molecule is CSCC[C@H]1NC(=O)c2ccc(c(Cl)c2)OCCCn2cc(nn2)CNC(=O)[C@@H](Cc2ccccc2)NC(=O)[C@H]([C@@H](C)O)NC1=O. The molecular formula is C31H38ClN7O6S. The Balaban J connectivity index is 1.62. The van der Waals surface area contributed by atoms with Crippen molar-refractivity contribution >= 4 is 47.0 Å². The highest BCUT2D eigenvalue weighted by atomic mass is 35.5. The third kappa shape index (κ3) is 9.93. The first kappa shape index (κ1) is 34.7. The van der Waals surface area contributed by atoms with Crippen LogP contribution < -0.4 is 26.0 Å². The number of aliphatic hydroxyl groups excluding tert-OH is 1. The smallest absolute Gasteiger partial charge is 0.251 e. The van der Waals surface area contributed by atoms with Crippen LogP contribution in [0.4, 0.5) is 0 Å². The van der Waals surface area contributed by atoms with Gasteiger partial charge in [-0.25, -0.2) is 0 Å². The molecule has 46 heavy (non-hydrogen) atoms. The van der Waals surface area contributed by atoms with Gasteiger partial charge in [0.2, 0.25) is 17.7 Å². The van der Waals surface area contributed by atoms with E-state index in [1.807, 2.05) is 36.6 Å². The largest absolute Gasteiger partial charge is 0.492 e. The van der Waals surface area contributed by atoms with Crippen molar-refractivity contribution in [2.75, 3.05) is 18.6 Å². The molecular weight excluding hydrogens is 634 g/mol. The fraction of sp³-hybridized carbons (Fsp3) is 0.419. The maximum absolute atomic E-state index is 13.5. The number of thioether (sulfide) groups is 1. The van der Waals surface area contributed by atoms with Crippen LogP contribution in [-0.4, -0.2) is 86.6 Å². The summed E-state index contributed by atoms with van der Waals surface area (Å²) in [6.07, 6.45) is 3.23. The van der Waals surface area contributed by atoms with E-state index in [-0.39, 0.29) is 30.0 Å². The lowest BCUT2D eigenvalue weighted by Gasteiger charge is -2.27. The van der Waals surface area contributed by atoms with Crippen molar-refractivity contribution in [3.63, 3.8) is 0 Å². The van der Waals surface area contributed by atoms with Crippen LogP contribution in [0.25, 0.3) is 0 Å². The van der Waals surface area contributed by atoms with E-state index in [2.05, 4.69) is 31.6 Å². The predicted molar refractivity (Wildman–Crippen MR) is 173 cm³/mol. The molecule has 1 aromatic heterocycles. The predicted octanol–water partition coefficient (Wildman–Crippen LogP) is 1.48. The molecule has 5 rings (SSSR count). The van der Waals surface area contributed by atoms with E-state index < -0.39 is 47.9 Å². The van der Waals surface area contributed by atoms with Crippen LogP contribution in [0.3, 0.4) is 0 Å². The van der Waals surface area contributed by atoms with E-state index in [0.717, 1.165) is 5.56 Å².